The number of rotatable bonds is 7. The third-order valence-electron chi connectivity index (χ3n) is 7.03. The zero-order chi connectivity index (χ0) is 23.0. The molecule has 7 heteroatoms. The summed E-state index contributed by atoms with van der Waals surface area (Å²) in [6.07, 6.45) is 2.81. The van der Waals surface area contributed by atoms with Crippen molar-refractivity contribution in [2.45, 2.75) is 50.8 Å². The molecular weight excluding hydrogens is 438 g/mol. The van der Waals surface area contributed by atoms with E-state index in [1.54, 1.807) is 0 Å². The van der Waals surface area contributed by atoms with Crippen LogP contribution < -0.4 is 10.4 Å². The molecule has 0 aliphatic carbocycles. The highest BCUT2D eigenvalue weighted by atomic mass is 32.2. The Balaban J connectivity index is 1.61. The molecule has 0 aromatic heterocycles. The molecule has 0 N–H and O–H groups in total. The molecule has 5 rings (SSSR count). The number of nitrogens with zero attached hydrogens (tertiary/aromatic N) is 1. The maximum Gasteiger partial charge on any atom is 0.264 e. The molecule has 0 radical (unpaired) electrons. The highest BCUT2D eigenvalue weighted by Crippen LogP contribution is 2.39. The first-order valence-electron chi connectivity index (χ1n) is 11.5. The van der Waals surface area contributed by atoms with Crippen LogP contribution in [0.4, 0.5) is 0 Å². The second kappa shape index (κ2) is 9.03. The fraction of sp³-hybridized carbons (Fsp3) is 0.520. The van der Waals surface area contributed by atoms with Crippen LogP contribution >= 0.6 is 0 Å². The van der Waals surface area contributed by atoms with E-state index in [0.717, 1.165) is 25.6 Å². The van der Waals surface area contributed by atoms with E-state index in [9.17, 15) is 8.42 Å². The molecule has 2 aromatic carbocycles. The Hall–Kier alpha value is -1.51. The summed E-state index contributed by atoms with van der Waals surface area (Å²) in [6.45, 7) is 9.17. The smallest absolute Gasteiger partial charge is 0.264 e. The summed E-state index contributed by atoms with van der Waals surface area (Å²) >= 11 is 0. The van der Waals surface area contributed by atoms with Crippen LogP contribution in [0.2, 0.25) is 5.04 Å². The lowest BCUT2D eigenvalue weighted by Gasteiger charge is -2.50. The summed E-state index contributed by atoms with van der Waals surface area (Å²) in [5.41, 5.74) is 0. The second-order valence-electron chi connectivity index (χ2n) is 10.2. The quantitative estimate of drug-likeness (QED) is 0.457. The molecule has 32 heavy (non-hydrogen) atoms. The summed E-state index contributed by atoms with van der Waals surface area (Å²) in [7, 11) is -6.01. The SMILES string of the molecule is CC(C)(C)[Si](OC[C@H]1C[C@@H]2CCN1C[C@H]2OS(C)(=O)=O)(c1ccccc1)c1ccccc1. The Labute approximate surface area is 194 Å². The van der Waals surface area contributed by atoms with Gasteiger partial charge in [0.25, 0.3) is 18.4 Å². The van der Waals surface area contributed by atoms with Crippen molar-refractivity contribution in [3.05, 3.63) is 60.7 Å². The largest absolute Gasteiger partial charge is 0.406 e. The maximum atomic E-state index is 11.7. The fourth-order valence-electron chi connectivity index (χ4n) is 5.58. The van der Waals surface area contributed by atoms with Crippen LogP contribution in [0.1, 0.15) is 33.6 Å². The molecule has 4 atom stereocenters. The zero-order valence-corrected chi connectivity index (χ0v) is 21.3. The van der Waals surface area contributed by atoms with Crippen molar-refractivity contribution >= 4 is 28.8 Å². The van der Waals surface area contributed by atoms with E-state index in [1.807, 2.05) is 0 Å². The van der Waals surface area contributed by atoms with Crippen LogP contribution in [-0.4, -0.2) is 59.7 Å². The predicted octanol–water partition coefficient (Wildman–Crippen LogP) is 3.00. The van der Waals surface area contributed by atoms with Crippen LogP contribution in [0.5, 0.6) is 0 Å². The Morgan fingerprint density at radius 1 is 1.00 bits per heavy atom. The van der Waals surface area contributed by atoms with Gasteiger partial charge in [0.05, 0.1) is 19.0 Å². The molecule has 0 spiro atoms. The van der Waals surface area contributed by atoms with E-state index in [1.165, 1.54) is 10.4 Å². The molecule has 3 aliphatic rings. The standard InChI is InChI=1S/C25H35NO4SSi/c1-25(2,3)32(22-11-7-5-8-12-22,23-13-9-6-10-14-23)29-19-21-17-20-15-16-26(21)18-24(20)30-31(4,27)28/h5-14,20-21,24H,15-19H2,1-4H3/t20-,21+,24+/m0/s1. The van der Waals surface area contributed by atoms with E-state index >= 15 is 0 Å². The van der Waals surface area contributed by atoms with E-state index < -0.39 is 18.4 Å². The normalized spacial score (nSPS) is 26.2. The lowest BCUT2D eigenvalue weighted by molar-refractivity contribution is -0.0517. The van der Waals surface area contributed by atoms with E-state index in [-0.39, 0.29) is 23.1 Å². The summed E-state index contributed by atoms with van der Waals surface area (Å²) in [5.74, 6) is 0.266. The van der Waals surface area contributed by atoms with Gasteiger partial charge in [0.1, 0.15) is 0 Å². The lowest BCUT2D eigenvalue weighted by Crippen LogP contribution is -2.68. The van der Waals surface area contributed by atoms with Crippen LogP contribution in [0, 0.1) is 5.92 Å². The molecule has 174 valence electrons. The molecule has 2 bridgehead atoms. The maximum absolute atomic E-state index is 11.7. The third-order valence-corrected chi connectivity index (χ3v) is 12.6. The molecule has 1 unspecified atom stereocenters. The fourth-order valence-corrected chi connectivity index (χ4v) is 10.8. The van der Waals surface area contributed by atoms with Gasteiger partial charge in [-0.05, 0) is 40.7 Å². The van der Waals surface area contributed by atoms with Crippen molar-refractivity contribution in [3.63, 3.8) is 0 Å². The van der Waals surface area contributed by atoms with Gasteiger partial charge in [-0.1, -0.05) is 81.4 Å². The van der Waals surface area contributed by atoms with Crippen molar-refractivity contribution in [2.75, 3.05) is 26.0 Å². The van der Waals surface area contributed by atoms with Gasteiger partial charge < -0.3 is 4.43 Å². The Morgan fingerprint density at radius 3 is 2.00 bits per heavy atom. The molecule has 3 fully saturated rings. The average molecular weight is 474 g/mol. The monoisotopic (exact) mass is 473 g/mol. The minimum Gasteiger partial charge on any atom is -0.406 e. The second-order valence-corrected chi connectivity index (χ2v) is 16.2. The van der Waals surface area contributed by atoms with Crippen LogP contribution in [0.15, 0.2) is 60.7 Å². The molecule has 3 aliphatic heterocycles. The van der Waals surface area contributed by atoms with Gasteiger partial charge in [0, 0.05) is 12.6 Å². The van der Waals surface area contributed by atoms with Crippen molar-refractivity contribution in [1.29, 1.82) is 0 Å². The van der Waals surface area contributed by atoms with Crippen LogP contribution in [-0.2, 0) is 18.7 Å². The molecule has 0 saturated carbocycles. The first-order valence-corrected chi connectivity index (χ1v) is 15.2. The van der Waals surface area contributed by atoms with E-state index in [2.05, 4.69) is 86.3 Å². The Bertz CT molecular complexity index is 968. The van der Waals surface area contributed by atoms with Crippen LogP contribution in [0.25, 0.3) is 0 Å². The van der Waals surface area contributed by atoms with Crippen molar-refractivity contribution in [2.24, 2.45) is 5.92 Å². The molecule has 0 amide bonds. The number of hydrogen-bond donors (Lipinski definition) is 0. The van der Waals surface area contributed by atoms with Crippen molar-refractivity contribution in [3.8, 4) is 0 Å². The first-order chi connectivity index (χ1) is 15.1. The van der Waals surface area contributed by atoms with Gasteiger partial charge in [-0.3, -0.25) is 9.08 Å². The van der Waals surface area contributed by atoms with E-state index in [0.29, 0.717) is 13.2 Å². The van der Waals surface area contributed by atoms with Gasteiger partial charge in [-0.25, -0.2) is 0 Å². The summed E-state index contributed by atoms with van der Waals surface area (Å²) < 4.78 is 35.9. The molecular formula is C25H35NO4SSi. The van der Waals surface area contributed by atoms with E-state index in [4.69, 9.17) is 8.61 Å². The predicted molar refractivity (Wildman–Crippen MR) is 131 cm³/mol. The molecule has 3 saturated heterocycles. The topological polar surface area (TPSA) is 55.8 Å². The third kappa shape index (κ3) is 4.73. The Kier molecular flexibility index (Phi) is 6.67. The highest BCUT2D eigenvalue weighted by molar-refractivity contribution is 7.86. The number of benzene rings is 2. The van der Waals surface area contributed by atoms with Gasteiger partial charge in [-0.15, -0.1) is 0 Å². The Morgan fingerprint density at radius 2 is 1.56 bits per heavy atom. The van der Waals surface area contributed by atoms with Crippen molar-refractivity contribution in [1.82, 2.24) is 4.90 Å². The van der Waals surface area contributed by atoms with Gasteiger partial charge >= 0.3 is 0 Å². The number of fused-ring (bicyclic) bond motifs is 3. The van der Waals surface area contributed by atoms with Crippen LogP contribution in [0.3, 0.4) is 0 Å². The minimum atomic E-state index is -3.44. The molecule has 5 nitrogen and oxygen atoms in total. The zero-order valence-electron chi connectivity index (χ0n) is 19.5. The summed E-state index contributed by atoms with van der Waals surface area (Å²) in [6, 6.07) is 21.7. The first kappa shape index (κ1) is 23.6. The van der Waals surface area contributed by atoms with Gasteiger partial charge in [0.2, 0.25) is 0 Å². The minimum absolute atomic E-state index is 0.0549. The van der Waals surface area contributed by atoms with Crippen molar-refractivity contribution < 1.29 is 17.0 Å². The highest BCUT2D eigenvalue weighted by Gasteiger charge is 2.51. The van der Waals surface area contributed by atoms with Gasteiger partial charge in [-0.2, -0.15) is 8.42 Å². The molecule has 3 heterocycles. The lowest BCUT2D eigenvalue weighted by atomic mass is 9.81. The summed E-state index contributed by atoms with van der Waals surface area (Å²) in [5, 5.41) is 2.52. The molecule has 2 aromatic rings. The number of piperidine rings is 3. The average Bonchev–Trinajstić information content (AvgIpc) is 2.74. The van der Waals surface area contributed by atoms with Gasteiger partial charge in [0.15, 0.2) is 0 Å². The number of hydrogen-bond acceptors (Lipinski definition) is 5. The summed E-state index contributed by atoms with van der Waals surface area (Å²) in [4.78, 5) is 2.37.